The van der Waals surface area contributed by atoms with E-state index in [1.54, 1.807) is 48.5 Å². The molecular weight excluding hydrogens is 349 g/mol. The Hall–Kier alpha value is -3.74. The van der Waals surface area contributed by atoms with Gasteiger partial charge in [0, 0.05) is 11.9 Å². The number of anilines is 3. The molecule has 0 bridgehead atoms. The molecule has 1 amide bonds. The van der Waals surface area contributed by atoms with E-state index in [0.29, 0.717) is 22.8 Å². The first-order valence-corrected chi connectivity index (χ1v) is 8.04. The lowest BCUT2D eigenvalue weighted by molar-refractivity contribution is 0.0602. The van der Waals surface area contributed by atoms with E-state index in [9.17, 15) is 14.0 Å². The number of esters is 1. The summed E-state index contributed by atoms with van der Waals surface area (Å²) in [7, 11) is 1.27. The molecule has 0 aliphatic carbocycles. The molecule has 0 atom stereocenters. The predicted molar refractivity (Wildman–Crippen MR) is 99.7 cm³/mol. The van der Waals surface area contributed by atoms with Crippen LogP contribution in [0.2, 0.25) is 0 Å². The van der Waals surface area contributed by atoms with Crippen LogP contribution in [-0.4, -0.2) is 24.0 Å². The van der Waals surface area contributed by atoms with Crippen LogP contribution in [0.25, 0.3) is 0 Å². The summed E-state index contributed by atoms with van der Waals surface area (Å²) >= 11 is 0. The van der Waals surface area contributed by atoms with Gasteiger partial charge in [0.1, 0.15) is 11.6 Å². The minimum absolute atomic E-state index is 0.255. The average molecular weight is 365 g/mol. The zero-order valence-electron chi connectivity index (χ0n) is 14.4. The third kappa shape index (κ3) is 4.46. The maximum Gasteiger partial charge on any atom is 0.339 e. The van der Waals surface area contributed by atoms with Crippen molar-refractivity contribution in [3.8, 4) is 0 Å². The molecule has 27 heavy (non-hydrogen) atoms. The number of aromatic nitrogens is 1. The molecule has 1 aromatic heterocycles. The van der Waals surface area contributed by atoms with Gasteiger partial charge in [-0.2, -0.15) is 0 Å². The number of nitrogens with one attached hydrogen (secondary N) is 2. The van der Waals surface area contributed by atoms with Gasteiger partial charge >= 0.3 is 5.97 Å². The number of hydrogen-bond donors (Lipinski definition) is 2. The summed E-state index contributed by atoms with van der Waals surface area (Å²) in [6.07, 6.45) is 1.39. The predicted octanol–water partition coefficient (Wildman–Crippen LogP) is 4.00. The first kappa shape index (κ1) is 18.1. The molecule has 136 valence electrons. The molecule has 0 unspecified atom stereocenters. The Morgan fingerprint density at radius 3 is 2.56 bits per heavy atom. The maximum atomic E-state index is 13.2. The summed E-state index contributed by atoms with van der Waals surface area (Å²) in [5.74, 6) is -0.859. The van der Waals surface area contributed by atoms with Gasteiger partial charge in [0.25, 0.3) is 5.91 Å². The van der Waals surface area contributed by atoms with Crippen molar-refractivity contribution in [3.63, 3.8) is 0 Å². The first-order chi connectivity index (χ1) is 13.1. The first-order valence-electron chi connectivity index (χ1n) is 8.04. The van der Waals surface area contributed by atoms with E-state index in [1.807, 2.05) is 0 Å². The topological polar surface area (TPSA) is 80.3 Å². The fourth-order valence-electron chi connectivity index (χ4n) is 2.39. The van der Waals surface area contributed by atoms with Crippen LogP contribution in [0.4, 0.5) is 21.6 Å². The number of carbonyl (C=O) groups excluding carboxylic acids is 2. The zero-order valence-corrected chi connectivity index (χ0v) is 14.4. The Morgan fingerprint density at radius 2 is 1.85 bits per heavy atom. The second kappa shape index (κ2) is 8.09. The van der Waals surface area contributed by atoms with E-state index < -0.39 is 11.9 Å². The molecule has 0 spiro atoms. The van der Waals surface area contributed by atoms with E-state index >= 15 is 0 Å². The van der Waals surface area contributed by atoms with Crippen LogP contribution >= 0.6 is 0 Å². The Kier molecular flexibility index (Phi) is 5.41. The number of carbonyl (C=O) groups is 2. The van der Waals surface area contributed by atoms with Crippen LogP contribution in [0.5, 0.6) is 0 Å². The molecular formula is C20H16FN3O3. The van der Waals surface area contributed by atoms with Crippen molar-refractivity contribution < 1.29 is 18.7 Å². The van der Waals surface area contributed by atoms with Crippen LogP contribution in [0.3, 0.4) is 0 Å². The molecule has 3 rings (SSSR count). The zero-order chi connectivity index (χ0) is 19.2. The van der Waals surface area contributed by atoms with Crippen molar-refractivity contribution in [3.05, 3.63) is 83.8 Å². The van der Waals surface area contributed by atoms with Crippen LogP contribution in [0.15, 0.2) is 66.9 Å². The molecule has 0 fully saturated rings. The summed E-state index contributed by atoms with van der Waals surface area (Å²) < 4.78 is 17.9. The summed E-state index contributed by atoms with van der Waals surface area (Å²) in [5, 5.41) is 5.62. The van der Waals surface area contributed by atoms with Gasteiger partial charge in [-0.05, 0) is 42.5 Å². The van der Waals surface area contributed by atoms with Gasteiger partial charge in [0.2, 0.25) is 0 Å². The molecule has 0 aliphatic heterocycles. The Balaban J connectivity index is 1.72. The largest absolute Gasteiger partial charge is 0.465 e. The Morgan fingerprint density at radius 1 is 1.04 bits per heavy atom. The number of rotatable bonds is 5. The number of para-hydroxylation sites is 1. The van der Waals surface area contributed by atoms with Gasteiger partial charge in [-0.1, -0.05) is 18.2 Å². The molecule has 0 saturated heterocycles. The van der Waals surface area contributed by atoms with Crippen LogP contribution < -0.4 is 10.6 Å². The van der Waals surface area contributed by atoms with E-state index in [0.717, 1.165) is 0 Å². The van der Waals surface area contributed by atoms with Crippen molar-refractivity contribution in [2.45, 2.75) is 0 Å². The molecule has 0 saturated carbocycles. The third-order valence-corrected chi connectivity index (χ3v) is 3.70. The highest BCUT2D eigenvalue weighted by Crippen LogP contribution is 2.19. The third-order valence-electron chi connectivity index (χ3n) is 3.70. The molecule has 2 N–H and O–H groups in total. The van der Waals surface area contributed by atoms with Crippen molar-refractivity contribution >= 4 is 29.1 Å². The minimum Gasteiger partial charge on any atom is -0.465 e. The lowest BCUT2D eigenvalue weighted by Crippen LogP contribution is -2.15. The molecule has 0 aliphatic rings. The molecule has 0 radical (unpaired) electrons. The number of amides is 1. The second-order valence-corrected chi connectivity index (χ2v) is 5.56. The van der Waals surface area contributed by atoms with Gasteiger partial charge in [-0.3, -0.25) is 4.79 Å². The molecule has 2 aromatic carbocycles. The summed E-state index contributed by atoms with van der Waals surface area (Å²) in [4.78, 5) is 28.3. The van der Waals surface area contributed by atoms with E-state index in [-0.39, 0.29) is 11.4 Å². The fraction of sp³-hybridized carbons (Fsp3) is 0.0500. The van der Waals surface area contributed by atoms with Crippen LogP contribution in [0.1, 0.15) is 20.7 Å². The van der Waals surface area contributed by atoms with Crippen LogP contribution in [0, 0.1) is 5.82 Å². The van der Waals surface area contributed by atoms with Gasteiger partial charge in [0.15, 0.2) is 0 Å². The van der Waals surface area contributed by atoms with Gasteiger partial charge in [-0.15, -0.1) is 0 Å². The number of methoxy groups -OCH3 is 1. The van der Waals surface area contributed by atoms with E-state index in [4.69, 9.17) is 4.74 Å². The molecule has 7 heteroatoms. The summed E-state index contributed by atoms with van der Waals surface area (Å²) in [6.45, 7) is 0. The monoisotopic (exact) mass is 365 g/mol. The SMILES string of the molecule is COC(=O)c1ccccc1NC(=O)c1ccc(Nc2cccc(F)c2)nc1. The van der Waals surface area contributed by atoms with E-state index in [1.165, 1.54) is 25.4 Å². The number of pyridine rings is 1. The Labute approximate surface area is 155 Å². The van der Waals surface area contributed by atoms with Crippen molar-refractivity contribution in [2.75, 3.05) is 17.7 Å². The summed E-state index contributed by atoms with van der Waals surface area (Å²) in [6, 6.07) is 15.7. The summed E-state index contributed by atoms with van der Waals surface area (Å²) in [5.41, 5.74) is 1.45. The second-order valence-electron chi connectivity index (χ2n) is 5.56. The van der Waals surface area contributed by atoms with Crippen molar-refractivity contribution in [1.29, 1.82) is 0 Å². The highest BCUT2D eigenvalue weighted by atomic mass is 19.1. The fourth-order valence-corrected chi connectivity index (χ4v) is 2.39. The van der Waals surface area contributed by atoms with Gasteiger partial charge in [-0.25, -0.2) is 14.2 Å². The van der Waals surface area contributed by atoms with Crippen LogP contribution in [-0.2, 0) is 4.74 Å². The van der Waals surface area contributed by atoms with Gasteiger partial charge < -0.3 is 15.4 Å². The average Bonchev–Trinajstić information content (AvgIpc) is 2.68. The maximum absolute atomic E-state index is 13.2. The van der Waals surface area contributed by atoms with Crippen molar-refractivity contribution in [1.82, 2.24) is 4.98 Å². The standard InChI is InChI=1S/C20H16FN3O3/c1-27-20(26)16-7-2-3-8-17(16)24-19(25)13-9-10-18(22-12-13)23-15-6-4-5-14(21)11-15/h2-12H,1H3,(H,22,23)(H,24,25). The number of hydrogen-bond acceptors (Lipinski definition) is 5. The smallest absolute Gasteiger partial charge is 0.339 e. The number of nitrogens with zero attached hydrogens (tertiary/aromatic N) is 1. The van der Waals surface area contributed by atoms with Gasteiger partial charge in [0.05, 0.1) is 23.9 Å². The lowest BCUT2D eigenvalue weighted by Gasteiger charge is -2.10. The highest BCUT2D eigenvalue weighted by molar-refractivity contribution is 6.07. The molecule has 6 nitrogen and oxygen atoms in total. The highest BCUT2D eigenvalue weighted by Gasteiger charge is 2.14. The quantitative estimate of drug-likeness (QED) is 0.668. The number of halogens is 1. The Bertz CT molecular complexity index is 974. The minimum atomic E-state index is -0.543. The number of benzene rings is 2. The van der Waals surface area contributed by atoms with E-state index in [2.05, 4.69) is 15.6 Å². The lowest BCUT2D eigenvalue weighted by atomic mass is 10.1. The van der Waals surface area contributed by atoms with Crippen molar-refractivity contribution in [2.24, 2.45) is 0 Å². The number of ether oxygens (including phenoxy) is 1. The molecule has 3 aromatic rings. The molecule has 1 heterocycles. The normalized spacial score (nSPS) is 10.1.